The quantitative estimate of drug-likeness (QED) is 0.789. The number of carbonyl (C=O) groups is 2. The number of hydrogen-bond donors (Lipinski definition) is 1. The van der Waals surface area contributed by atoms with Crippen molar-refractivity contribution in [2.24, 2.45) is 5.16 Å². The number of amides is 2. The fourth-order valence-electron chi connectivity index (χ4n) is 3.20. The zero-order valence-corrected chi connectivity index (χ0v) is 17.0. The molecule has 2 aliphatic heterocycles. The van der Waals surface area contributed by atoms with Crippen LogP contribution in [0.25, 0.3) is 0 Å². The summed E-state index contributed by atoms with van der Waals surface area (Å²) < 4.78 is 5.21. The second kappa shape index (κ2) is 8.79. The van der Waals surface area contributed by atoms with Crippen molar-refractivity contribution in [3.8, 4) is 5.75 Å². The first-order valence-electron chi connectivity index (χ1n) is 9.23. The molecule has 8 nitrogen and oxygen atoms in total. The van der Waals surface area contributed by atoms with Crippen molar-refractivity contribution in [1.29, 1.82) is 0 Å². The number of likely N-dealkylation sites (N-methyl/N-ethyl adjacent to an activating group) is 1. The lowest BCUT2D eigenvalue weighted by Gasteiger charge is -2.34. The molecule has 2 atom stereocenters. The summed E-state index contributed by atoms with van der Waals surface area (Å²) in [5.41, 5.74) is 1.24. The second-order valence-electron chi connectivity index (χ2n) is 7.04. The van der Waals surface area contributed by atoms with Gasteiger partial charge in [-0.3, -0.25) is 9.59 Å². The molecule has 2 amide bonds. The topological polar surface area (TPSA) is 83.5 Å². The number of carbonyl (C=O) groups excluding carboxylic acids is 2. The van der Waals surface area contributed by atoms with E-state index in [1.807, 2.05) is 7.05 Å². The molecule has 0 radical (unpaired) electrons. The average Bonchev–Trinajstić information content (AvgIpc) is 3.18. The molecule has 28 heavy (non-hydrogen) atoms. The van der Waals surface area contributed by atoms with E-state index in [2.05, 4.69) is 15.4 Å². The first-order chi connectivity index (χ1) is 13.4. The van der Waals surface area contributed by atoms with Crippen LogP contribution in [-0.2, 0) is 14.4 Å². The maximum atomic E-state index is 12.5. The van der Waals surface area contributed by atoms with Crippen LogP contribution in [0.15, 0.2) is 23.4 Å². The smallest absolute Gasteiger partial charge is 0.264 e. The zero-order valence-electron chi connectivity index (χ0n) is 16.3. The van der Waals surface area contributed by atoms with Gasteiger partial charge in [0.25, 0.3) is 5.91 Å². The van der Waals surface area contributed by atoms with Crippen LogP contribution in [0.3, 0.4) is 0 Å². The summed E-state index contributed by atoms with van der Waals surface area (Å²) in [6.07, 6.45) is -0.520. The van der Waals surface area contributed by atoms with E-state index in [0.717, 1.165) is 13.1 Å². The number of nitrogens with zero attached hydrogens (tertiary/aromatic N) is 3. The molecule has 0 saturated carbocycles. The standard InChI is InChI=1S/C19H25ClN4O4/c1-12(19(26)24-8-6-23(2)7-9-24)21-18(25)17-11-16(22-28-17)14-10-13(27-3)4-5-15(14)20/h4-5,10,12,17H,6-9,11H2,1-3H3,(H,21,25)/t12-,17-/m1/s1. The van der Waals surface area contributed by atoms with Crippen molar-refractivity contribution in [2.75, 3.05) is 40.3 Å². The third-order valence-electron chi connectivity index (χ3n) is 4.99. The van der Waals surface area contributed by atoms with E-state index < -0.39 is 12.1 Å². The van der Waals surface area contributed by atoms with Crippen LogP contribution in [0, 0.1) is 0 Å². The zero-order chi connectivity index (χ0) is 20.3. The van der Waals surface area contributed by atoms with Crippen LogP contribution in [0.4, 0.5) is 0 Å². The lowest BCUT2D eigenvalue weighted by molar-refractivity contribution is -0.140. The summed E-state index contributed by atoms with van der Waals surface area (Å²) in [6, 6.07) is 4.59. The van der Waals surface area contributed by atoms with Gasteiger partial charge >= 0.3 is 0 Å². The van der Waals surface area contributed by atoms with Crippen LogP contribution in [0.5, 0.6) is 5.75 Å². The van der Waals surface area contributed by atoms with Gasteiger partial charge in [-0.05, 0) is 32.2 Å². The fourth-order valence-corrected chi connectivity index (χ4v) is 3.42. The Morgan fingerprint density at radius 2 is 2.04 bits per heavy atom. The van der Waals surface area contributed by atoms with Crippen LogP contribution in [0.1, 0.15) is 18.9 Å². The van der Waals surface area contributed by atoms with Crippen molar-refractivity contribution in [2.45, 2.75) is 25.5 Å². The largest absolute Gasteiger partial charge is 0.497 e. The van der Waals surface area contributed by atoms with Crippen LogP contribution >= 0.6 is 11.6 Å². The van der Waals surface area contributed by atoms with Gasteiger partial charge < -0.3 is 24.7 Å². The number of rotatable bonds is 5. The molecule has 1 saturated heterocycles. The number of ether oxygens (including phenoxy) is 1. The van der Waals surface area contributed by atoms with Crippen molar-refractivity contribution < 1.29 is 19.2 Å². The molecule has 0 aliphatic carbocycles. The molecule has 1 aromatic rings. The first-order valence-corrected chi connectivity index (χ1v) is 9.61. The van der Waals surface area contributed by atoms with E-state index in [4.69, 9.17) is 21.2 Å². The molecule has 0 spiro atoms. The highest BCUT2D eigenvalue weighted by Crippen LogP contribution is 2.27. The number of hydrogen-bond acceptors (Lipinski definition) is 6. The van der Waals surface area contributed by atoms with E-state index in [9.17, 15) is 9.59 Å². The molecule has 1 fully saturated rings. The van der Waals surface area contributed by atoms with E-state index in [0.29, 0.717) is 35.1 Å². The van der Waals surface area contributed by atoms with Gasteiger partial charge in [0.1, 0.15) is 11.8 Å². The number of halogens is 1. The predicted octanol–water partition coefficient (Wildman–Crippen LogP) is 1.12. The molecule has 1 aromatic carbocycles. The van der Waals surface area contributed by atoms with Gasteiger partial charge in [0.05, 0.1) is 17.8 Å². The van der Waals surface area contributed by atoms with Crippen molar-refractivity contribution in [3.05, 3.63) is 28.8 Å². The normalized spacial score (nSPS) is 20.9. The minimum Gasteiger partial charge on any atom is -0.497 e. The summed E-state index contributed by atoms with van der Waals surface area (Å²) in [6.45, 7) is 4.68. The summed E-state index contributed by atoms with van der Waals surface area (Å²) in [4.78, 5) is 34.3. The van der Waals surface area contributed by atoms with Gasteiger partial charge in [-0.15, -0.1) is 0 Å². The molecule has 0 unspecified atom stereocenters. The lowest BCUT2D eigenvalue weighted by Crippen LogP contribution is -2.54. The van der Waals surface area contributed by atoms with Crippen molar-refractivity contribution in [1.82, 2.24) is 15.1 Å². The first kappa shape index (κ1) is 20.4. The summed E-state index contributed by atoms with van der Waals surface area (Å²) >= 11 is 6.24. The lowest BCUT2D eigenvalue weighted by atomic mass is 10.0. The Morgan fingerprint density at radius 1 is 1.32 bits per heavy atom. The van der Waals surface area contributed by atoms with Crippen molar-refractivity contribution >= 4 is 29.1 Å². The maximum absolute atomic E-state index is 12.5. The maximum Gasteiger partial charge on any atom is 0.264 e. The molecule has 0 bridgehead atoms. The van der Waals surface area contributed by atoms with Gasteiger partial charge in [-0.25, -0.2) is 0 Å². The van der Waals surface area contributed by atoms with Crippen molar-refractivity contribution in [3.63, 3.8) is 0 Å². The molecule has 0 aromatic heterocycles. The van der Waals surface area contributed by atoms with Gasteiger partial charge in [0, 0.05) is 38.2 Å². The van der Waals surface area contributed by atoms with Crippen LogP contribution in [0.2, 0.25) is 5.02 Å². The van der Waals surface area contributed by atoms with E-state index in [1.165, 1.54) is 0 Å². The third kappa shape index (κ3) is 4.56. The Bertz CT molecular complexity index is 777. The molecule has 9 heteroatoms. The number of methoxy groups -OCH3 is 1. The highest BCUT2D eigenvalue weighted by atomic mass is 35.5. The molecule has 152 valence electrons. The van der Waals surface area contributed by atoms with Gasteiger partial charge in [0.2, 0.25) is 12.0 Å². The second-order valence-corrected chi connectivity index (χ2v) is 7.45. The van der Waals surface area contributed by atoms with Crippen LogP contribution in [-0.4, -0.2) is 79.8 Å². The SMILES string of the molecule is COc1ccc(Cl)c(C2=NO[C@@H](C(=O)N[C@H](C)C(=O)N3CCN(C)CC3)C2)c1. The summed E-state index contributed by atoms with van der Waals surface area (Å²) in [7, 11) is 3.59. The Balaban J connectivity index is 1.56. The molecule has 2 aliphatic rings. The summed E-state index contributed by atoms with van der Waals surface area (Å²) in [5, 5.41) is 7.25. The van der Waals surface area contributed by atoms with E-state index in [-0.39, 0.29) is 18.2 Å². The minimum absolute atomic E-state index is 0.0866. The third-order valence-corrected chi connectivity index (χ3v) is 5.32. The summed E-state index contributed by atoms with van der Waals surface area (Å²) in [5.74, 6) is 0.186. The molecule has 1 N–H and O–H groups in total. The molecule has 2 heterocycles. The average molecular weight is 409 g/mol. The molecule has 3 rings (SSSR count). The Labute approximate surface area is 169 Å². The fraction of sp³-hybridized carbons (Fsp3) is 0.526. The highest BCUT2D eigenvalue weighted by Gasteiger charge is 2.33. The number of nitrogens with one attached hydrogen (secondary N) is 1. The predicted molar refractivity (Wildman–Crippen MR) is 106 cm³/mol. The monoisotopic (exact) mass is 408 g/mol. The number of piperazine rings is 1. The molecular weight excluding hydrogens is 384 g/mol. The van der Waals surface area contributed by atoms with E-state index >= 15 is 0 Å². The van der Waals surface area contributed by atoms with Gasteiger partial charge in [-0.1, -0.05) is 16.8 Å². The van der Waals surface area contributed by atoms with Crippen LogP contribution < -0.4 is 10.1 Å². The number of oxime groups is 1. The Hall–Kier alpha value is -2.32. The Morgan fingerprint density at radius 3 is 2.71 bits per heavy atom. The van der Waals surface area contributed by atoms with Gasteiger partial charge in [0.15, 0.2) is 0 Å². The van der Waals surface area contributed by atoms with E-state index in [1.54, 1.807) is 37.1 Å². The van der Waals surface area contributed by atoms with Gasteiger partial charge in [-0.2, -0.15) is 0 Å². The highest BCUT2D eigenvalue weighted by molar-refractivity contribution is 6.34. The minimum atomic E-state index is -0.792. The molecular formula is C19H25ClN4O4. The Kier molecular flexibility index (Phi) is 6.41. The number of benzene rings is 1.